The van der Waals surface area contributed by atoms with Crippen molar-refractivity contribution in [3.63, 3.8) is 0 Å². The van der Waals surface area contributed by atoms with Gasteiger partial charge in [-0.2, -0.15) is 0 Å². The minimum atomic E-state index is 0.644. The molecule has 4 heteroatoms. The predicted octanol–water partition coefficient (Wildman–Crippen LogP) is 9.55. The van der Waals surface area contributed by atoms with E-state index in [9.17, 15) is 0 Å². The van der Waals surface area contributed by atoms with Crippen molar-refractivity contribution < 1.29 is 0 Å². The van der Waals surface area contributed by atoms with Crippen molar-refractivity contribution in [2.75, 3.05) is 0 Å². The van der Waals surface area contributed by atoms with E-state index in [0.717, 1.165) is 33.0 Å². The van der Waals surface area contributed by atoms with E-state index in [4.69, 9.17) is 15.0 Å². The van der Waals surface area contributed by atoms with Crippen LogP contribution in [-0.4, -0.2) is 31.0 Å². The molecule has 222 valence electrons. The molecule has 1 aromatic heterocycles. The summed E-state index contributed by atoms with van der Waals surface area (Å²) >= 11 is 2.80. The summed E-state index contributed by atoms with van der Waals surface area (Å²) in [7, 11) is 0. The van der Waals surface area contributed by atoms with Gasteiger partial charge < -0.3 is 0 Å². The van der Waals surface area contributed by atoms with Gasteiger partial charge in [0.1, 0.15) is 0 Å². The van der Waals surface area contributed by atoms with Crippen molar-refractivity contribution in [3.05, 3.63) is 170 Å². The van der Waals surface area contributed by atoms with Crippen LogP contribution in [0.1, 0.15) is 0 Å². The van der Waals surface area contributed by atoms with E-state index in [1.54, 1.807) is 0 Å². The number of fused-ring (bicyclic) bond motifs is 1. The van der Waals surface area contributed by atoms with Gasteiger partial charge in [0, 0.05) is 0 Å². The van der Waals surface area contributed by atoms with Gasteiger partial charge in [-0.1, -0.05) is 36.4 Å². The molecule has 0 unspecified atom stereocenters. The quantitative estimate of drug-likeness (QED) is 0.166. The fraction of sp³-hybridized carbons (Fsp3) is 0. The molecule has 3 nitrogen and oxygen atoms in total. The van der Waals surface area contributed by atoms with Gasteiger partial charge in [0.2, 0.25) is 0 Å². The van der Waals surface area contributed by atoms with Gasteiger partial charge in [-0.15, -0.1) is 0 Å². The maximum atomic E-state index is 5.10. The summed E-state index contributed by atoms with van der Waals surface area (Å²) in [4.78, 5) is 15.1. The number of rotatable bonds is 6. The molecule has 0 radical (unpaired) electrons. The molecule has 0 aliphatic heterocycles. The van der Waals surface area contributed by atoms with Crippen molar-refractivity contribution in [1.82, 2.24) is 15.0 Å². The van der Waals surface area contributed by atoms with E-state index in [0.29, 0.717) is 17.5 Å². The van der Waals surface area contributed by atoms with Crippen LogP contribution in [0, 0.1) is 0 Å². The zero-order valence-electron chi connectivity index (χ0n) is 25.5. The third-order valence-corrected chi connectivity index (χ3v) is 9.50. The van der Waals surface area contributed by atoms with Crippen LogP contribution in [0.25, 0.3) is 78.3 Å². The van der Waals surface area contributed by atoms with E-state index in [2.05, 4.69) is 149 Å². The van der Waals surface area contributed by atoms with Gasteiger partial charge in [0.15, 0.2) is 0 Å². The summed E-state index contributed by atoms with van der Waals surface area (Å²) in [6.07, 6.45) is 0. The fourth-order valence-electron chi connectivity index (χ4n) is 6.12. The zero-order chi connectivity index (χ0) is 31.6. The summed E-state index contributed by atoms with van der Waals surface area (Å²) in [5.41, 5.74) is 9.97. The van der Waals surface area contributed by atoms with Crippen LogP contribution in [0.2, 0.25) is 0 Å². The van der Waals surface area contributed by atoms with Gasteiger partial charge >= 0.3 is 236 Å². The molecule has 8 aromatic rings. The molecular formula is C43H29N3Se. The molecule has 7 aromatic carbocycles. The summed E-state index contributed by atoms with van der Waals surface area (Å²) in [5, 5.41) is 2.25. The van der Waals surface area contributed by atoms with Crippen LogP contribution in [0.15, 0.2) is 170 Å². The molecule has 0 spiro atoms. The third-order valence-electron chi connectivity index (χ3n) is 8.49. The molecule has 0 saturated carbocycles. The van der Waals surface area contributed by atoms with Gasteiger partial charge in [0.25, 0.3) is 0 Å². The molecule has 0 atom stereocenters. The second kappa shape index (κ2) is 12.6. The van der Waals surface area contributed by atoms with E-state index >= 15 is 0 Å². The zero-order valence-corrected chi connectivity index (χ0v) is 27.3. The summed E-state index contributed by atoms with van der Waals surface area (Å²) in [6, 6.07) is 59.0. The van der Waals surface area contributed by atoms with E-state index in [1.165, 1.54) is 32.3 Å². The van der Waals surface area contributed by atoms with Crippen molar-refractivity contribution in [3.8, 4) is 67.5 Å². The standard InChI is InChI=1S/C43H29N3Se/c47-40-34(31-15-6-2-7-16-31)21-12-22-38(40)37-27-28-39(36-20-11-10-19-35(36)37)43-45-41(32-17-8-3-9-18-32)44-42(46-43)33-25-23-30(24-26-33)29-13-4-1-5-14-29/h1-28,47H. The normalized spacial score (nSPS) is 11.1. The van der Waals surface area contributed by atoms with Gasteiger partial charge in [-0.05, 0) is 11.1 Å². The number of benzene rings is 7. The molecule has 47 heavy (non-hydrogen) atoms. The van der Waals surface area contributed by atoms with Crippen molar-refractivity contribution >= 4 is 31.2 Å². The molecule has 1 heterocycles. The van der Waals surface area contributed by atoms with Crippen LogP contribution in [-0.2, 0) is 0 Å². The van der Waals surface area contributed by atoms with E-state index in [1.807, 2.05) is 36.4 Å². The molecular weight excluding hydrogens is 637 g/mol. The summed E-state index contributed by atoms with van der Waals surface area (Å²) in [6.45, 7) is 0. The Balaban J connectivity index is 1.28. The number of hydrogen-bond acceptors (Lipinski definition) is 3. The molecule has 0 saturated heterocycles. The van der Waals surface area contributed by atoms with E-state index in [-0.39, 0.29) is 0 Å². The van der Waals surface area contributed by atoms with Crippen LogP contribution in [0.3, 0.4) is 0 Å². The predicted molar refractivity (Wildman–Crippen MR) is 197 cm³/mol. The Morgan fingerprint density at radius 3 is 1.34 bits per heavy atom. The van der Waals surface area contributed by atoms with Crippen molar-refractivity contribution in [1.29, 1.82) is 0 Å². The maximum absolute atomic E-state index is 5.10. The van der Waals surface area contributed by atoms with Crippen LogP contribution >= 0.6 is 0 Å². The number of hydrogen-bond donors (Lipinski definition) is 0. The second-order valence-electron chi connectivity index (χ2n) is 11.4. The SMILES string of the molecule is [SeH]c1c(-c2ccccc2)cccc1-c1ccc(-c2nc(-c3ccccc3)nc(-c3ccc(-c4ccccc4)cc3)n2)c2ccccc12. The number of nitrogens with zero attached hydrogens (tertiary/aromatic N) is 3. The Morgan fingerprint density at radius 1 is 0.277 bits per heavy atom. The molecule has 0 amide bonds. The van der Waals surface area contributed by atoms with Crippen LogP contribution in [0.4, 0.5) is 0 Å². The van der Waals surface area contributed by atoms with Gasteiger partial charge in [-0.3, -0.25) is 0 Å². The first-order valence-electron chi connectivity index (χ1n) is 15.6. The van der Waals surface area contributed by atoms with Crippen molar-refractivity contribution in [2.45, 2.75) is 0 Å². The molecule has 0 fully saturated rings. The first-order valence-corrected chi connectivity index (χ1v) is 16.5. The van der Waals surface area contributed by atoms with Crippen molar-refractivity contribution in [2.24, 2.45) is 0 Å². The topological polar surface area (TPSA) is 38.7 Å². The van der Waals surface area contributed by atoms with Gasteiger partial charge in [-0.25, -0.2) is 0 Å². The third kappa shape index (κ3) is 5.66. The molecule has 8 rings (SSSR count). The monoisotopic (exact) mass is 667 g/mol. The molecule has 0 N–H and O–H groups in total. The van der Waals surface area contributed by atoms with Gasteiger partial charge in [0.05, 0.1) is 0 Å². The first kappa shape index (κ1) is 28.8. The molecule has 0 bridgehead atoms. The Bertz CT molecular complexity index is 2340. The molecule has 0 aliphatic rings. The second-order valence-corrected chi connectivity index (χ2v) is 12.3. The first-order chi connectivity index (χ1) is 23.2. The average molecular weight is 667 g/mol. The Hall–Kier alpha value is -5.67. The average Bonchev–Trinajstić information content (AvgIpc) is 3.15. The number of aromatic nitrogens is 3. The Morgan fingerprint density at radius 2 is 0.702 bits per heavy atom. The van der Waals surface area contributed by atoms with E-state index < -0.39 is 0 Å². The summed E-state index contributed by atoms with van der Waals surface area (Å²) < 4.78 is 1.19. The minimum absolute atomic E-state index is 0.644. The Labute approximate surface area is 282 Å². The van der Waals surface area contributed by atoms with Crippen LogP contribution in [0.5, 0.6) is 0 Å². The Kier molecular flexibility index (Phi) is 7.72. The molecule has 0 aliphatic carbocycles. The fourth-order valence-corrected chi connectivity index (χ4v) is 6.96. The summed E-state index contributed by atoms with van der Waals surface area (Å²) in [5.74, 6) is 1.94. The van der Waals surface area contributed by atoms with Crippen LogP contribution < -0.4 is 4.46 Å².